The Morgan fingerprint density at radius 1 is 1.29 bits per heavy atom. The topological polar surface area (TPSA) is 56.7 Å². The summed E-state index contributed by atoms with van der Waals surface area (Å²) in [7, 11) is 0. The molecule has 0 aliphatic rings. The van der Waals surface area contributed by atoms with E-state index in [1.165, 1.54) is 5.56 Å². The van der Waals surface area contributed by atoms with E-state index in [-0.39, 0.29) is 5.25 Å². The second-order valence-corrected chi connectivity index (χ2v) is 6.09. The molecular formula is C15H16N4OS. The SMILES string of the molecule is Cc1noc([C@H](C)SCc2cnn(-c3ccccc3)c2)n1. The van der Waals surface area contributed by atoms with Gasteiger partial charge in [-0.1, -0.05) is 23.4 Å². The standard InChI is InChI=1S/C15H16N4OS/c1-11(15-17-12(2)18-20-15)21-10-13-8-16-19(9-13)14-6-4-3-5-7-14/h3-9,11H,10H2,1-2H3/t11-/m0/s1. The van der Waals surface area contributed by atoms with Crippen LogP contribution in [-0.4, -0.2) is 19.9 Å². The average molecular weight is 300 g/mol. The van der Waals surface area contributed by atoms with Crippen LogP contribution in [0.1, 0.15) is 29.5 Å². The highest BCUT2D eigenvalue weighted by molar-refractivity contribution is 7.98. The summed E-state index contributed by atoms with van der Waals surface area (Å²) in [5, 5.41) is 8.39. The molecule has 2 heterocycles. The van der Waals surface area contributed by atoms with Gasteiger partial charge in [0.1, 0.15) is 0 Å². The normalized spacial score (nSPS) is 12.5. The van der Waals surface area contributed by atoms with E-state index in [9.17, 15) is 0 Å². The van der Waals surface area contributed by atoms with Crippen LogP contribution < -0.4 is 0 Å². The monoisotopic (exact) mass is 300 g/mol. The third-order valence-corrected chi connectivity index (χ3v) is 4.25. The molecule has 0 fully saturated rings. The Kier molecular flexibility index (Phi) is 4.06. The number of rotatable bonds is 5. The van der Waals surface area contributed by atoms with E-state index in [0.29, 0.717) is 11.7 Å². The first-order chi connectivity index (χ1) is 10.2. The van der Waals surface area contributed by atoms with Gasteiger partial charge < -0.3 is 4.52 Å². The molecule has 1 atom stereocenters. The zero-order valence-corrected chi connectivity index (χ0v) is 12.7. The van der Waals surface area contributed by atoms with Gasteiger partial charge in [-0.25, -0.2) is 4.68 Å². The van der Waals surface area contributed by atoms with E-state index >= 15 is 0 Å². The number of hydrogen-bond donors (Lipinski definition) is 0. The molecular weight excluding hydrogens is 284 g/mol. The lowest BCUT2D eigenvalue weighted by molar-refractivity contribution is 0.376. The molecule has 0 spiro atoms. The minimum Gasteiger partial charge on any atom is -0.338 e. The van der Waals surface area contributed by atoms with Crippen LogP contribution in [0, 0.1) is 6.92 Å². The van der Waals surface area contributed by atoms with E-state index in [1.54, 1.807) is 11.8 Å². The lowest BCUT2D eigenvalue weighted by Gasteiger charge is -2.04. The third kappa shape index (κ3) is 3.33. The minimum atomic E-state index is 0.172. The smallest absolute Gasteiger partial charge is 0.239 e. The van der Waals surface area contributed by atoms with Gasteiger partial charge in [-0.05, 0) is 26.0 Å². The van der Waals surface area contributed by atoms with Crippen molar-refractivity contribution >= 4 is 11.8 Å². The molecule has 1 aromatic carbocycles. The molecule has 0 aliphatic heterocycles. The van der Waals surface area contributed by atoms with Gasteiger partial charge in [0, 0.05) is 17.5 Å². The van der Waals surface area contributed by atoms with Crippen molar-refractivity contribution in [1.82, 2.24) is 19.9 Å². The molecule has 0 saturated heterocycles. The summed E-state index contributed by atoms with van der Waals surface area (Å²) < 4.78 is 7.07. The predicted molar refractivity (Wildman–Crippen MR) is 82.3 cm³/mol. The Bertz CT molecular complexity index is 707. The zero-order valence-electron chi connectivity index (χ0n) is 11.9. The van der Waals surface area contributed by atoms with Crippen LogP contribution in [0.25, 0.3) is 5.69 Å². The molecule has 0 saturated carbocycles. The summed E-state index contributed by atoms with van der Waals surface area (Å²) in [5.41, 5.74) is 2.24. The Labute approximate surface area is 127 Å². The first-order valence-corrected chi connectivity index (χ1v) is 7.78. The van der Waals surface area contributed by atoms with Crippen molar-refractivity contribution in [2.45, 2.75) is 24.9 Å². The largest absolute Gasteiger partial charge is 0.338 e. The number of nitrogens with zero attached hydrogens (tertiary/aromatic N) is 4. The summed E-state index contributed by atoms with van der Waals surface area (Å²) >= 11 is 1.75. The minimum absolute atomic E-state index is 0.172. The quantitative estimate of drug-likeness (QED) is 0.721. The Morgan fingerprint density at radius 2 is 2.10 bits per heavy atom. The highest BCUT2D eigenvalue weighted by Crippen LogP contribution is 2.29. The summed E-state index contributed by atoms with van der Waals surface area (Å²) in [6.45, 7) is 3.90. The van der Waals surface area contributed by atoms with Crippen molar-refractivity contribution in [2.75, 3.05) is 0 Å². The second kappa shape index (κ2) is 6.13. The lowest BCUT2D eigenvalue weighted by atomic mass is 10.3. The van der Waals surface area contributed by atoms with Gasteiger partial charge in [0.05, 0.1) is 17.1 Å². The molecule has 0 bridgehead atoms. The van der Waals surface area contributed by atoms with E-state index in [4.69, 9.17) is 4.52 Å². The van der Waals surface area contributed by atoms with Crippen molar-refractivity contribution in [1.29, 1.82) is 0 Å². The van der Waals surface area contributed by atoms with Crippen molar-refractivity contribution in [3.8, 4) is 5.69 Å². The maximum absolute atomic E-state index is 5.19. The van der Waals surface area contributed by atoms with Gasteiger partial charge in [-0.3, -0.25) is 0 Å². The zero-order chi connectivity index (χ0) is 14.7. The molecule has 2 aromatic heterocycles. The van der Waals surface area contributed by atoms with Crippen molar-refractivity contribution in [3.63, 3.8) is 0 Å². The molecule has 0 radical (unpaired) electrons. The van der Waals surface area contributed by atoms with Gasteiger partial charge in [-0.15, -0.1) is 11.8 Å². The van der Waals surface area contributed by atoms with Crippen molar-refractivity contribution < 1.29 is 4.52 Å². The van der Waals surface area contributed by atoms with Gasteiger partial charge in [-0.2, -0.15) is 10.1 Å². The van der Waals surface area contributed by atoms with Crippen LogP contribution in [-0.2, 0) is 5.75 Å². The number of benzene rings is 1. The Hall–Kier alpha value is -2.08. The van der Waals surface area contributed by atoms with Crippen molar-refractivity contribution in [3.05, 3.63) is 60.0 Å². The lowest BCUT2D eigenvalue weighted by Crippen LogP contribution is -1.93. The molecule has 0 aliphatic carbocycles. The number of aromatic nitrogens is 4. The number of aryl methyl sites for hydroxylation is 1. The van der Waals surface area contributed by atoms with E-state index in [2.05, 4.69) is 22.2 Å². The summed E-state index contributed by atoms with van der Waals surface area (Å²) in [6.07, 6.45) is 3.94. The number of thioether (sulfide) groups is 1. The highest BCUT2D eigenvalue weighted by Gasteiger charge is 2.13. The first-order valence-electron chi connectivity index (χ1n) is 6.73. The molecule has 5 nitrogen and oxygen atoms in total. The molecule has 6 heteroatoms. The van der Waals surface area contributed by atoms with Crippen molar-refractivity contribution in [2.24, 2.45) is 0 Å². The van der Waals surface area contributed by atoms with Crippen LogP contribution in [0.2, 0.25) is 0 Å². The van der Waals surface area contributed by atoms with Gasteiger partial charge >= 0.3 is 0 Å². The molecule has 21 heavy (non-hydrogen) atoms. The number of hydrogen-bond acceptors (Lipinski definition) is 5. The Morgan fingerprint density at radius 3 is 2.81 bits per heavy atom. The van der Waals surface area contributed by atoms with Gasteiger partial charge in [0.2, 0.25) is 5.89 Å². The summed E-state index contributed by atoms with van der Waals surface area (Å²) in [6, 6.07) is 10.1. The summed E-state index contributed by atoms with van der Waals surface area (Å²) in [4.78, 5) is 4.26. The first kappa shape index (κ1) is 13.9. The predicted octanol–water partition coefficient (Wildman–Crippen LogP) is 3.56. The fraction of sp³-hybridized carbons (Fsp3) is 0.267. The maximum Gasteiger partial charge on any atom is 0.239 e. The van der Waals surface area contributed by atoms with E-state index in [0.717, 1.165) is 11.4 Å². The maximum atomic E-state index is 5.19. The molecule has 3 rings (SSSR count). The van der Waals surface area contributed by atoms with Gasteiger partial charge in [0.25, 0.3) is 0 Å². The fourth-order valence-electron chi connectivity index (χ4n) is 1.93. The molecule has 3 aromatic rings. The van der Waals surface area contributed by atoms with Crippen LogP contribution in [0.4, 0.5) is 0 Å². The van der Waals surface area contributed by atoms with E-state index in [1.807, 2.05) is 54.3 Å². The number of para-hydroxylation sites is 1. The third-order valence-electron chi connectivity index (χ3n) is 3.05. The molecule has 0 unspecified atom stereocenters. The van der Waals surface area contributed by atoms with Crippen LogP contribution >= 0.6 is 11.8 Å². The second-order valence-electron chi connectivity index (χ2n) is 4.76. The average Bonchev–Trinajstić information content (AvgIpc) is 3.15. The fourth-order valence-corrected chi connectivity index (χ4v) is 2.76. The Balaban J connectivity index is 1.63. The highest BCUT2D eigenvalue weighted by atomic mass is 32.2. The molecule has 0 amide bonds. The van der Waals surface area contributed by atoms with Gasteiger partial charge in [0.15, 0.2) is 5.82 Å². The van der Waals surface area contributed by atoms with E-state index < -0.39 is 0 Å². The van der Waals surface area contributed by atoms with Crippen LogP contribution in [0.5, 0.6) is 0 Å². The molecule has 0 N–H and O–H groups in total. The summed E-state index contributed by atoms with van der Waals surface area (Å²) in [5.74, 6) is 2.21. The molecule has 108 valence electrons. The van der Waals surface area contributed by atoms with Crippen LogP contribution in [0.3, 0.4) is 0 Å². The van der Waals surface area contributed by atoms with Crippen LogP contribution in [0.15, 0.2) is 47.2 Å².